The van der Waals surface area contributed by atoms with Crippen molar-refractivity contribution in [3.8, 4) is 11.5 Å². The molecule has 0 bridgehead atoms. The van der Waals surface area contributed by atoms with E-state index >= 15 is 0 Å². The average molecular weight is 320 g/mol. The van der Waals surface area contributed by atoms with Gasteiger partial charge in [0.15, 0.2) is 0 Å². The molecule has 0 unspecified atom stereocenters. The summed E-state index contributed by atoms with van der Waals surface area (Å²) >= 11 is 0. The molecule has 0 atom stereocenters. The van der Waals surface area contributed by atoms with Gasteiger partial charge in [-0.25, -0.2) is 14.4 Å². The van der Waals surface area contributed by atoms with Crippen molar-refractivity contribution in [3.63, 3.8) is 0 Å². The van der Waals surface area contributed by atoms with Crippen molar-refractivity contribution in [1.82, 2.24) is 0 Å². The van der Waals surface area contributed by atoms with Crippen LogP contribution in [-0.4, -0.2) is 34.7 Å². The molecule has 23 heavy (non-hydrogen) atoms. The van der Waals surface area contributed by atoms with Gasteiger partial charge < -0.3 is 19.7 Å². The highest BCUT2D eigenvalue weighted by Gasteiger charge is 2.19. The number of carboxylic acids is 1. The van der Waals surface area contributed by atoms with Crippen LogP contribution in [-0.2, 0) is 20.7 Å². The lowest BCUT2D eigenvalue weighted by Gasteiger charge is -2.13. The first kappa shape index (κ1) is 18.0. The minimum absolute atomic E-state index is 0.0208. The number of aromatic hydroxyl groups is 1. The van der Waals surface area contributed by atoms with Gasteiger partial charge in [-0.3, -0.25) is 0 Å². The van der Waals surface area contributed by atoms with Crippen molar-refractivity contribution in [2.75, 3.05) is 6.61 Å². The van der Waals surface area contributed by atoms with E-state index in [1.54, 1.807) is 0 Å². The number of rotatable bonds is 8. The van der Waals surface area contributed by atoms with Crippen LogP contribution in [0.4, 0.5) is 0 Å². The summed E-state index contributed by atoms with van der Waals surface area (Å²) in [6.07, 6.45) is 2.38. The number of carboxylic acid groups (broad SMARTS) is 1. The van der Waals surface area contributed by atoms with E-state index in [-0.39, 0.29) is 36.3 Å². The van der Waals surface area contributed by atoms with Crippen molar-refractivity contribution in [3.05, 3.63) is 48.6 Å². The van der Waals surface area contributed by atoms with Gasteiger partial charge in [-0.1, -0.05) is 13.2 Å². The van der Waals surface area contributed by atoms with Crippen LogP contribution in [0.2, 0.25) is 0 Å². The maximum atomic E-state index is 11.3. The highest BCUT2D eigenvalue weighted by Crippen LogP contribution is 2.32. The van der Waals surface area contributed by atoms with E-state index in [1.165, 1.54) is 6.07 Å². The molecule has 0 aliphatic heterocycles. The molecule has 0 radical (unpaired) electrons. The average Bonchev–Trinajstić information content (AvgIpc) is 2.52. The number of carbonyl (C=O) groups is 3. The maximum absolute atomic E-state index is 11.3. The van der Waals surface area contributed by atoms with Gasteiger partial charge in [0.1, 0.15) is 17.1 Å². The van der Waals surface area contributed by atoms with Crippen molar-refractivity contribution in [1.29, 1.82) is 0 Å². The molecule has 0 fully saturated rings. The topological polar surface area (TPSA) is 110 Å². The first-order valence-corrected chi connectivity index (χ1v) is 6.62. The number of carbonyl (C=O) groups excluding carboxylic acids is 2. The molecular weight excluding hydrogens is 304 g/mol. The number of esters is 2. The van der Waals surface area contributed by atoms with Crippen molar-refractivity contribution < 1.29 is 34.1 Å². The van der Waals surface area contributed by atoms with Crippen LogP contribution in [0.15, 0.2) is 37.4 Å². The van der Waals surface area contributed by atoms with Crippen LogP contribution < -0.4 is 4.74 Å². The Morgan fingerprint density at radius 1 is 1.13 bits per heavy atom. The highest BCUT2D eigenvalue weighted by atomic mass is 16.5. The van der Waals surface area contributed by atoms with Gasteiger partial charge >= 0.3 is 17.9 Å². The number of hydrogen-bond donors (Lipinski definition) is 2. The van der Waals surface area contributed by atoms with Gasteiger partial charge in [-0.05, 0) is 25.0 Å². The normalized spacial score (nSPS) is 9.74. The first-order chi connectivity index (χ1) is 10.9. The summed E-state index contributed by atoms with van der Waals surface area (Å²) in [6, 6.07) is 2.40. The molecule has 0 aliphatic rings. The van der Waals surface area contributed by atoms with Crippen LogP contribution in [0.5, 0.6) is 11.5 Å². The summed E-state index contributed by atoms with van der Waals surface area (Å²) < 4.78 is 9.77. The highest BCUT2D eigenvalue weighted by molar-refractivity contribution is 5.92. The lowest BCUT2D eigenvalue weighted by atomic mass is 10.0. The van der Waals surface area contributed by atoms with Gasteiger partial charge in [0, 0.05) is 17.7 Å². The second-order valence-corrected chi connectivity index (χ2v) is 4.34. The molecule has 0 spiro atoms. The van der Waals surface area contributed by atoms with E-state index in [0.717, 1.165) is 18.2 Å². The summed E-state index contributed by atoms with van der Waals surface area (Å²) in [6.45, 7) is 6.55. The van der Waals surface area contributed by atoms with Crippen molar-refractivity contribution >= 4 is 17.9 Å². The standard InChI is InChI=1S/C16H16O7/c1-3-13(17)22-9-5-6-10-12(23-14(18)4-2)8-7-11(15(10)19)16(20)21/h3-4,7-8,19H,1-2,5-6,9H2,(H,20,21). The van der Waals surface area contributed by atoms with Crippen LogP contribution in [0.3, 0.4) is 0 Å². The van der Waals surface area contributed by atoms with Crippen molar-refractivity contribution in [2.45, 2.75) is 12.8 Å². The molecule has 122 valence electrons. The number of aromatic carboxylic acids is 1. The molecule has 2 N–H and O–H groups in total. The van der Waals surface area contributed by atoms with Gasteiger partial charge in [-0.2, -0.15) is 0 Å². The Bertz CT molecular complexity index is 646. The van der Waals surface area contributed by atoms with Crippen LogP contribution in [0.1, 0.15) is 22.3 Å². The minimum Gasteiger partial charge on any atom is -0.507 e. The molecule has 7 heteroatoms. The zero-order chi connectivity index (χ0) is 17.4. The first-order valence-electron chi connectivity index (χ1n) is 6.62. The predicted octanol–water partition coefficient (Wildman–Crippen LogP) is 1.84. The predicted molar refractivity (Wildman–Crippen MR) is 80.4 cm³/mol. The zero-order valence-electron chi connectivity index (χ0n) is 12.3. The van der Waals surface area contributed by atoms with Gasteiger partial charge in [0.25, 0.3) is 0 Å². The third-order valence-electron chi connectivity index (χ3n) is 2.83. The number of benzene rings is 1. The summed E-state index contributed by atoms with van der Waals surface area (Å²) in [7, 11) is 0. The lowest BCUT2D eigenvalue weighted by molar-refractivity contribution is -0.137. The van der Waals surface area contributed by atoms with Gasteiger partial charge in [0.2, 0.25) is 0 Å². The van der Waals surface area contributed by atoms with Gasteiger partial charge in [-0.15, -0.1) is 0 Å². The molecule has 0 aromatic heterocycles. The Hall–Kier alpha value is -3.09. The fourth-order valence-electron chi connectivity index (χ4n) is 1.76. The molecule has 0 heterocycles. The molecule has 1 rings (SSSR count). The third kappa shape index (κ3) is 4.99. The zero-order valence-corrected chi connectivity index (χ0v) is 12.3. The monoisotopic (exact) mass is 320 g/mol. The molecular formula is C16H16O7. The van der Waals surface area contributed by atoms with E-state index in [2.05, 4.69) is 13.2 Å². The number of ether oxygens (including phenoxy) is 2. The molecule has 0 aliphatic carbocycles. The van der Waals surface area contributed by atoms with Crippen LogP contribution in [0.25, 0.3) is 0 Å². The molecule has 1 aromatic carbocycles. The second-order valence-electron chi connectivity index (χ2n) is 4.34. The Kier molecular flexibility index (Phi) is 6.54. The van der Waals surface area contributed by atoms with E-state index in [1.807, 2.05) is 0 Å². The fraction of sp³-hybridized carbons (Fsp3) is 0.188. The van der Waals surface area contributed by atoms with Crippen LogP contribution >= 0.6 is 0 Å². The molecule has 0 amide bonds. The second kappa shape index (κ2) is 8.38. The quantitative estimate of drug-likeness (QED) is 0.325. The fourth-order valence-corrected chi connectivity index (χ4v) is 1.76. The Morgan fingerprint density at radius 3 is 2.35 bits per heavy atom. The summed E-state index contributed by atoms with van der Waals surface area (Å²) in [5.41, 5.74) is -0.184. The Morgan fingerprint density at radius 2 is 1.78 bits per heavy atom. The molecule has 0 saturated carbocycles. The molecule has 0 saturated heterocycles. The molecule has 7 nitrogen and oxygen atoms in total. The summed E-state index contributed by atoms with van der Waals surface area (Å²) in [5.74, 6) is -3.13. The van der Waals surface area contributed by atoms with E-state index in [0.29, 0.717) is 0 Å². The van der Waals surface area contributed by atoms with E-state index < -0.39 is 23.7 Å². The Labute approximate surface area is 132 Å². The number of hydrogen-bond acceptors (Lipinski definition) is 6. The minimum atomic E-state index is -1.32. The summed E-state index contributed by atoms with van der Waals surface area (Å²) in [4.78, 5) is 33.3. The van der Waals surface area contributed by atoms with Gasteiger partial charge in [0.05, 0.1) is 6.61 Å². The Balaban J connectivity index is 2.98. The van der Waals surface area contributed by atoms with E-state index in [4.69, 9.17) is 14.6 Å². The SMILES string of the molecule is C=CC(=O)OCCCc1c(OC(=O)C=C)ccc(C(=O)O)c1O. The largest absolute Gasteiger partial charge is 0.507 e. The number of phenols is 1. The van der Waals surface area contributed by atoms with Crippen molar-refractivity contribution in [2.24, 2.45) is 0 Å². The third-order valence-corrected chi connectivity index (χ3v) is 2.83. The smallest absolute Gasteiger partial charge is 0.339 e. The lowest BCUT2D eigenvalue weighted by Crippen LogP contribution is -2.09. The summed E-state index contributed by atoms with van der Waals surface area (Å²) in [5, 5.41) is 19.1. The van der Waals surface area contributed by atoms with Crippen LogP contribution in [0, 0.1) is 0 Å². The molecule has 1 aromatic rings. The van der Waals surface area contributed by atoms with E-state index in [9.17, 15) is 19.5 Å². The maximum Gasteiger partial charge on any atom is 0.339 e.